The summed E-state index contributed by atoms with van der Waals surface area (Å²) in [5.74, 6) is 0.241. The van der Waals surface area contributed by atoms with E-state index in [0.717, 1.165) is 38.5 Å². The van der Waals surface area contributed by atoms with Gasteiger partial charge in [-0.2, -0.15) is 0 Å². The number of rotatable bonds is 11. The minimum absolute atomic E-state index is 0.00834. The molecule has 0 aromatic carbocycles. The first-order chi connectivity index (χ1) is 15.4. The van der Waals surface area contributed by atoms with Gasteiger partial charge in [0, 0.05) is 35.0 Å². The summed E-state index contributed by atoms with van der Waals surface area (Å²) < 4.78 is 0. The lowest BCUT2D eigenvalue weighted by atomic mass is 9.59. The van der Waals surface area contributed by atoms with Gasteiger partial charge in [0.15, 0.2) is 0 Å². The maximum absolute atomic E-state index is 11.7. The topological polar surface area (TPSA) is 98.7 Å². The fourth-order valence-electron chi connectivity index (χ4n) is 7.95. The molecule has 2 rings (SSSR count). The number of carbonyl (C=O) groups is 2. The van der Waals surface area contributed by atoms with Gasteiger partial charge in [0.1, 0.15) is 0 Å². The SMILES string of the molecule is CC1(C)CC(C(CCCCC(=O)O)C(CCC(=O)O)C2CC(C)(C)NC(C)(C)C2)CC(C)(C)N1. The molecule has 2 fully saturated rings. The molecule has 0 amide bonds. The van der Waals surface area contributed by atoms with Gasteiger partial charge in [-0.25, -0.2) is 0 Å². The second kappa shape index (κ2) is 10.9. The summed E-state index contributed by atoms with van der Waals surface area (Å²) in [4.78, 5) is 22.8. The van der Waals surface area contributed by atoms with Gasteiger partial charge < -0.3 is 20.8 Å². The molecule has 2 aliphatic heterocycles. The van der Waals surface area contributed by atoms with Crippen molar-refractivity contribution < 1.29 is 19.8 Å². The fraction of sp³-hybridized carbons (Fsp3) is 0.929. The van der Waals surface area contributed by atoms with E-state index in [9.17, 15) is 14.7 Å². The first-order valence-corrected chi connectivity index (χ1v) is 13.4. The largest absolute Gasteiger partial charge is 0.481 e. The number of carboxylic acids is 2. The summed E-state index contributed by atoms with van der Waals surface area (Å²) in [7, 11) is 0. The van der Waals surface area contributed by atoms with Crippen molar-refractivity contribution in [1.29, 1.82) is 0 Å². The molecule has 2 atom stereocenters. The van der Waals surface area contributed by atoms with Crippen LogP contribution < -0.4 is 10.6 Å². The van der Waals surface area contributed by atoms with Crippen molar-refractivity contribution in [3.63, 3.8) is 0 Å². The Morgan fingerprint density at radius 2 is 1.00 bits per heavy atom. The van der Waals surface area contributed by atoms with E-state index >= 15 is 0 Å². The van der Waals surface area contributed by atoms with Crippen LogP contribution in [0.1, 0.15) is 120 Å². The average molecular weight is 481 g/mol. The number of carboxylic acid groups (broad SMARTS) is 2. The molecule has 0 aromatic rings. The van der Waals surface area contributed by atoms with Crippen LogP contribution >= 0.6 is 0 Å². The van der Waals surface area contributed by atoms with E-state index in [1.807, 2.05) is 0 Å². The Balaban J connectivity index is 2.40. The van der Waals surface area contributed by atoms with Crippen molar-refractivity contribution >= 4 is 11.9 Å². The lowest BCUT2D eigenvalue weighted by Crippen LogP contribution is -2.61. The minimum Gasteiger partial charge on any atom is -0.481 e. The lowest BCUT2D eigenvalue weighted by molar-refractivity contribution is -0.138. The van der Waals surface area contributed by atoms with Crippen LogP contribution in [0.4, 0.5) is 0 Å². The van der Waals surface area contributed by atoms with E-state index in [1.54, 1.807) is 0 Å². The summed E-state index contributed by atoms with van der Waals surface area (Å²) in [5, 5.41) is 26.4. The van der Waals surface area contributed by atoms with Crippen molar-refractivity contribution in [1.82, 2.24) is 10.6 Å². The van der Waals surface area contributed by atoms with Gasteiger partial charge in [-0.15, -0.1) is 0 Å². The van der Waals surface area contributed by atoms with E-state index in [4.69, 9.17) is 5.11 Å². The Morgan fingerprint density at radius 1 is 0.647 bits per heavy atom. The van der Waals surface area contributed by atoms with Crippen LogP contribution in [-0.4, -0.2) is 44.3 Å². The average Bonchev–Trinajstić information content (AvgIpc) is 2.57. The molecule has 6 nitrogen and oxygen atoms in total. The van der Waals surface area contributed by atoms with Crippen LogP contribution in [0.15, 0.2) is 0 Å². The van der Waals surface area contributed by atoms with Gasteiger partial charge >= 0.3 is 11.9 Å². The highest BCUT2D eigenvalue weighted by atomic mass is 16.4. The molecule has 2 heterocycles. The lowest BCUT2D eigenvalue weighted by Gasteiger charge is -2.54. The number of unbranched alkanes of at least 4 members (excludes halogenated alkanes) is 1. The normalized spacial score (nSPS) is 26.0. The zero-order valence-corrected chi connectivity index (χ0v) is 23.1. The van der Waals surface area contributed by atoms with E-state index in [0.29, 0.717) is 36.5 Å². The summed E-state index contributed by atoms with van der Waals surface area (Å²) in [6.45, 7) is 18.2. The Morgan fingerprint density at radius 3 is 1.35 bits per heavy atom. The Labute approximate surface area is 208 Å². The molecule has 0 spiro atoms. The Kier molecular flexibility index (Phi) is 9.29. The maximum atomic E-state index is 11.7. The van der Waals surface area contributed by atoms with Crippen molar-refractivity contribution in [3.8, 4) is 0 Å². The van der Waals surface area contributed by atoms with Crippen LogP contribution in [0, 0.1) is 23.7 Å². The van der Waals surface area contributed by atoms with Crippen molar-refractivity contribution in [2.24, 2.45) is 23.7 Å². The van der Waals surface area contributed by atoms with E-state index in [2.05, 4.69) is 66.0 Å². The molecule has 2 unspecified atom stereocenters. The molecule has 198 valence electrons. The molecule has 4 N–H and O–H groups in total. The number of hydrogen-bond acceptors (Lipinski definition) is 4. The second-order valence-electron chi connectivity index (χ2n) is 14.0. The predicted molar refractivity (Wildman–Crippen MR) is 138 cm³/mol. The minimum atomic E-state index is -0.732. The van der Waals surface area contributed by atoms with Gasteiger partial charge in [0.05, 0.1) is 0 Å². The highest BCUT2D eigenvalue weighted by Gasteiger charge is 2.47. The monoisotopic (exact) mass is 480 g/mol. The molecule has 0 aliphatic carbocycles. The third-order valence-electron chi connectivity index (χ3n) is 8.07. The maximum Gasteiger partial charge on any atom is 0.303 e. The quantitative estimate of drug-likeness (QED) is 0.277. The highest BCUT2D eigenvalue weighted by molar-refractivity contribution is 5.66. The summed E-state index contributed by atoms with van der Waals surface area (Å²) in [5.41, 5.74) is 0.0638. The molecule has 2 aliphatic rings. The molecule has 0 bridgehead atoms. The molecule has 0 aromatic heterocycles. The second-order valence-corrected chi connectivity index (χ2v) is 14.0. The smallest absolute Gasteiger partial charge is 0.303 e. The van der Waals surface area contributed by atoms with Crippen molar-refractivity contribution in [3.05, 3.63) is 0 Å². The molecule has 34 heavy (non-hydrogen) atoms. The van der Waals surface area contributed by atoms with Gasteiger partial charge in [-0.1, -0.05) is 6.42 Å². The van der Waals surface area contributed by atoms with Gasteiger partial charge in [-0.3, -0.25) is 9.59 Å². The number of nitrogens with one attached hydrogen (secondary N) is 2. The van der Waals surface area contributed by atoms with Crippen LogP contribution in [-0.2, 0) is 9.59 Å². The van der Waals surface area contributed by atoms with Crippen LogP contribution in [0.25, 0.3) is 0 Å². The fourth-order valence-corrected chi connectivity index (χ4v) is 7.95. The molecule has 6 heteroatoms. The molecular formula is C28H52N2O4. The van der Waals surface area contributed by atoms with E-state index < -0.39 is 11.9 Å². The third kappa shape index (κ3) is 9.14. The summed E-state index contributed by atoms with van der Waals surface area (Å²) >= 11 is 0. The first-order valence-electron chi connectivity index (χ1n) is 13.4. The van der Waals surface area contributed by atoms with Crippen molar-refractivity contribution in [2.45, 2.75) is 142 Å². The van der Waals surface area contributed by atoms with Gasteiger partial charge in [-0.05, 0) is 124 Å². The summed E-state index contributed by atoms with van der Waals surface area (Å²) in [6.07, 6.45) is 7.93. The molecule has 0 saturated carbocycles. The summed E-state index contributed by atoms with van der Waals surface area (Å²) in [6, 6.07) is 0. The van der Waals surface area contributed by atoms with Crippen LogP contribution in [0.2, 0.25) is 0 Å². The zero-order chi connectivity index (χ0) is 25.9. The Hall–Kier alpha value is -1.14. The molecule has 0 radical (unpaired) electrons. The predicted octanol–water partition coefficient (Wildman–Crippen LogP) is 5.84. The first kappa shape index (κ1) is 29.1. The molecular weight excluding hydrogens is 428 g/mol. The number of piperidine rings is 2. The van der Waals surface area contributed by atoms with Crippen LogP contribution in [0.3, 0.4) is 0 Å². The number of hydrogen-bond donors (Lipinski definition) is 4. The third-order valence-corrected chi connectivity index (χ3v) is 8.07. The highest BCUT2D eigenvalue weighted by Crippen LogP contribution is 2.49. The van der Waals surface area contributed by atoms with Gasteiger partial charge in [0.2, 0.25) is 0 Å². The van der Waals surface area contributed by atoms with Crippen LogP contribution in [0.5, 0.6) is 0 Å². The van der Waals surface area contributed by atoms with Gasteiger partial charge in [0.25, 0.3) is 0 Å². The van der Waals surface area contributed by atoms with Crippen molar-refractivity contribution in [2.75, 3.05) is 0 Å². The molecule has 2 saturated heterocycles. The zero-order valence-electron chi connectivity index (χ0n) is 23.1. The van der Waals surface area contributed by atoms with E-state index in [1.165, 1.54) is 0 Å². The van der Waals surface area contributed by atoms with E-state index in [-0.39, 0.29) is 35.0 Å². The number of aliphatic carboxylic acids is 2. The standard InChI is InChI=1S/C28H52N2O4/c1-25(2)15-19(16-26(3,4)29-25)21(11-9-10-12-23(31)32)22(13-14-24(33)34)20-17-27(5,6)30-28(7,8)18-20/h19-22,29-30H,9-18H2,1-8H3,(H,31,32)(H,33,34). The Bertz CT molecular complexity index is 681.